The number of nitrogens with one attached hydrogen (secondary N) is 2. The molecular formula is C19H20N2O5. The van der Waals surface area contributed by atoms with Gasteiger partial charge in [-0.15, -0.1) is 0 Å². The number of carboxylic acids is 1. The Labute approximate surface area is 150 Å². The molecule has 0 heterocycles. The van der Waals surface area contributed by atoms with Crippen LogP contribution in [-0.2, 0) is 20.0 Å². The zero-order chi connectivity index (χ0) is 19.0. The van der Waals surface area contributed by atoms with Gasteiger partial charge in [-0.3, -0.25) is 25.2 Å². The lowest BCUT2D eigenvalue weighted by atomic mass is 9.85. The minimum atomic E-state index is -1.99. The molecule has 0 unspecified atom stereocenters. The van der Waals surface area contributed by atoms with E-state index in [0.717, 1.165) is 0 Å². The molecule has 2 aromatic rings. The zero-order valence-electron chi connectivity index (χ0n) is 14.0. The summed E-state index contributed by atoms with van der Waals surface area (Å²) in [5, 5.41) is 19.7. The molecule has 136 valence electrons. The van der Waals surface area contributed by atoms with E-state index >= 15 is 0 Å². The number of amides is 2. The van der Waals surface area contributed by atoms with E-state index < -0.39 is 23.4 Å². The molecule has 0 atom stereocenters. The second kappa shape index (κ2) is 8.77. The van der Waals surface area contributed by atoms with Crippen molar-refractivity contribution in [2.24, 2.45) is 0 Å². The van der Waals surface area contributed by atoms with E-state index in [1.165, 1.54) is 0 Å². The van der Waals surface area contributed by atoms with Gasteiger partial charge in [-0.05, 0) is 17.5 Å². The molecule has 0 radical (unpaired) electrons. The second-order valence-electron chi connectivity index (χ2n) is 5.69. The number of aliphatic carboxylic acids is 1. The number of hydrogen-bond donors (Lipinski definition) is 4. The molecule has 2 amide bonds. The normalized spacial score (nSPS) is 10.8. The largest absolute Gasteiger partial charge is 0.481 e. The first-order valence-electron chi connectivity index (χ1n) is 8.09. The number of carbonyl (C=O) groups is 3. The van der Waals surface area contributed by atoms with Crippen LogP contribution in [0.2, 0.25) is 0 Å². The van der Waals surface area contributed by atoms with Crippen LogP contribution < -0.4 is 10.9 Å². The van der Waals surface area contributed by atoms with Crippen LogP contribution in [0.15, 0.2) is 60.7 Å². The highest BCUT2D eigenvalue weighted by molar-refractivity contribution is 5.91. The first-order chi connectivity index (χ1) is 12.4. The predicted molar refractivity (Wildman–Crippen MR) is 93.7 cm³/mol. The summed E-state index contributed by atoms with van der Waals surface area (Å²) >= 11 is 0. The van der Waals surface area contributed by atoms with Crippen LogP contribution in [0.4, 0.5) is 0 Å². The van der Waals surface area contributed by atoms with Crippen LogP contribution in [0.5, 0.6) is 0 Å². The summed E-state index contributed by atoms with van der Waals surface area (Å²) in [5.41, 5.74) is 3.14. The Morgan fingerprint density at radius 3 is 1.77 bits per heavy atom. The maximum absolute atomic E-state index is 12.7. The highest BCUT2D eigenvalue weighted by Gasteiger charge is 2.40. The van der Waals surface area contributed by atoms with E-state index in [1.807, 2.05) is 0 Å². The van der Waals surface area contributed by atoms with Crippen molar-refractivity contribution in [1.82, 2.24) is 10.9 Å². The number of aliphatic hydroxyl groups is 1. The molecule has 2 aromatic carbocycles. The molecule has 0 aliphatic carbocycles. The van der Waals surface area contributed by atoms with E-state index in [2.05, 4.69) is 10.9 Å². The minimum Gasteiger partial charge on any atom is -0.481 e. The van der Waals surface area contributed by atoms with Crippen LogP contribution in [0.25, 0.3) is 0 Å². The van der Waals surface area contributed by atoms with Crippen molar-refractivity contribution in [1.29, 1.82) is 0 Å². The highest BCUT2D eigenvalue weighted by Crippen LogP contribution is 2.29. The van der Waals surface area contributed by atoms with Gasteiger partial charge in [-0.1, -0.05) is 60.7 Å². The standard InChI is InChI=1S/C19H20N2O5/c22-16(12-7-13-17(23)24)20-21-18(25)19(26,14-8-3-1-4-9-14)15-10-5-2-6-11-15/h1-6,8-11,26H,7,12-13H2,(H,20,22)(H,21,25)(H,23,24). The summed E-state index contributed by atoms with van der Waals surface area (Å²) in [6, 6.07) is 16.8. The number of carbonyl (C=O) groups excluding carboxylic acids is 2. The number of hydrogen-bond acceptors (Lipinski definition) is 4. The van der Waals surface area contributed by atoms with Gasteiger partial charge >= 0.3 is 5.97 Å². The van der Waals surface area contributed by atoms with Gasteiger partial charge < -0.3 is 10.2 Å². The molecule has 0 aromatic heterocycles. The lowest BCUT2D eigenvalue weighted by molar-refractivity contribution is -0.140. The average molecular weight is 356 g/mol. The Morgan fingerprint density at radius 2 is 1.31 bits per heavy atom. The zero-order valence-corrected chi connectivity index (χ0v) is 14.0. The lowest BCUT2D eigenvalue weighted by Crippen LogP contribution is -2.52. The van der Waals surface area contributed by atoms with Gasteiger partial charge in [0.25, 0.3) is 5.91 Å². The molecular weight excluding hydrogens is 336 g/mol. The van der Waals surface area contributed by atoms with Crippen LogP contribution in [0, 0.1) is 0 Å². The molecule has 26 heavy (non-hydrogen) atoms. The van der Waals surface area contributed by atoms with Gasteiger partial charge in [0.2, 0.25) is 5.91 Å². The Kier molecular flexibility index (Phi) is 6.46. The molecule has 0 saturated heterocycles. The Balaban J connectivity index is 2.13. The van der Waals surface area contributed by atoms with Gasteiger partial charge in [-0.2, -0.15) is 0 Å². The van der Waals surface area contributed by atoms with Gasteiger partial charge in [-0.25, -0.2) is 0 Å². The number of benzene rings is 2. The SMILES string of the molecule is O=C(O)CCCC(=O)NNC(=O)C(O)(c1ccccc1)c1ccccc1. The Morgan fingerprint density at radius 1 is 0.808 bits per heavy atom. The number of rotatable bonds is 7. The van der Waals surface area contributed by atoms with Crippen LogP contribution in [0.3, 0.4) is 0 Å². The van der Waals surface area contributed by atoms with Crippen LogP contribution >= 0.6 is 0 Å². The van der Waals surface area contributed by atoms with Crippen LogP contribution in [0.1, 0.15) is 30.4 Å². The fourth-order valence-corrected chi connectivity index (χ4v) is 2.47. The van der Waals surface area contributed by atoms with Crippen molar-refractivity contribution in [3.63, 3.8) is 0 Å². The fourth-order valence-electron chi connectivity index (χ4n) is 2.47. The monoisotopic (exact) mass is 356 g/mol. The van der Waals surface area contributed by atoms with Crippen molar-refractivity contribution in [3.05, 3.63) is 71.8 Å². The summed E-state index contributed by atoms with van der Waals surface area (Å²) in [7, 11) is 0. The molecule has 0 spiro atoms. The third kappa shape index (κ3) is 4.67. The molecule has 0 saturated carbocycles. The van der Waals surface area contributed by atoms with Gasteiger partial charge in [0.05, 0.1) is 0 Å². The van der Waals surface area contributed by atoms with E-state index in [1.54, 1.807) is 60.7 Å². The van der Waals surface area contributed by atoms with Crippen molar-refractivity contribution < 1.29 is 24.6 Å². The van der Waals surface area contributed by atoms with E-state index in [4.69, 9.17) is 5.11 Å². The predicted octanol–water partition coefficient (Wildman–Crippen LogP) is 1.32. The van der Waals surface area contributed by atoms with E-state index in [-0.39, 0.29) is 19.3 Å². The molecule has 0 bridgehead atoms. The maximum atomic E-state index is 12.7. The first kappa shape index (κ1) is 19.1. The molecule has 2 rings (SSSR count). The van der Waals surface area contributed by atoms with Crippen molar-refractivity contribution >= 4 is 17.8 Å². The van der Waals surface area contributed by atoms with Gasteiger partial charge in [0.15, 0.2) is 5.60 Å². The molecule has 7 heteroatoms. The van der Waals surface area contributed by atoms with Gasteiger partial charge in [0.1, 0.15) is 0 Å². The molecule has 0 fully saturated rings. The Hall–Kier alpha value is -3.19. The van der Waals surface area contributed by atoms with Crippen LogP contribution in [-0.4, -0.2) is 28.0 Å². The molecule has 4 N–H and O–H groups in total. The fraction of sp³-hybridized carbons (Fsp3) is 0.211. The lowest BCUT2D eigenvalue weighted by Gasteiger charge is -2.28. The number of carboxylic acid groups (broad SMARTS) is 1. The molecule has 7 nitrogen and oxygen atoms in total. The summed E-state index contributed by atoms with van der Waals surface area (Å²) in [6.45, 7) is 0. The average Bonchev–Trinajstić information content (AvgIpc) is 2.66. The second-order valence-corrected chi connectivity index (χ2v) is 5.69. The summed E-state index contributed by atoms with van der Waals surface area (Å²) in [5.74, 6) is -2.35. The Bertz CT molecular complexity index is 723. The quantitative estimate of drug-likeness (QED) is 0.559. The summed E-state index contributed by atoms with van der Waals surface area (Å²) < 4.78 is 0. The topological polar surface area (TPSA) is 116 Å². The first-order valence-corrected chi connectivity index (χ1v) is 8.09. The van der Waals surface area contributed by atoms with Crippen molar-refractivity contribution in [3.8, 4) is 0 Å². The third-order valence-electron chi connectivity index (χ3n) is 3.82. The third-order valence-corrected chi connectivity index (χ3v) is 3.82. The van der Waals surface area contributed by atoms with E-state index in [0.29, 0.717) is 11.1 Å². The van der Waals surface area contributed by atoms with Crippen molar-refractivity contribution in [2.75, 3.05) is 0 Å². The summed E-state index contributed by atoms with van der Waals surface area (Å²) in [4.78, 5) is 34.9. The smallest absolute Gasteiger partial charge is 0.303 e. The highest BCUT2D eigenvalue weighted by atomic mass is 16.4. The van der Waals surface area contributed by atoms with E-state index in [9.17, 15) is 19.5 Å². The number of hydrazine groups is 1. The van der Waals surface area contributed by atoms with Gasteiger partial charge in [0, 0.05) is 12.8 Å². The summed E-state index contributed by atoms with van der Waals surface area (Å²) in [6.07, 6.45) is -0.0420. The van der Waals surface area contributed by atoms with Crippen molar-refractivity contribution in [2.45, 2.75) is 24.9 Å². The minimum absolute atomic E-state index is 0.0539. The molecule has 0 aliphatic rings. The maximum Gasteiger partial charge on any atom is 0.303 e. The molecule has 0 aliphatic heterocycles.